The Morgan fingerprint density at radius 2 is 2.08 bits per heavy atom. The first kappa shape index (κ1) is 24.8. The van der Waals surface area contributed by atoms with E-state index in [9.17, 15) is 20.0 Å². The molecule has 200 valence electrons. The van der Waals surface area contributed by atoms with Gasteiger partial charge in [-0.05, 0) is 61.8 Å². The minimum atomic E-state index is -1.33. The molecule has 9 atom stereocenters. The third-order valence-corrected chi connectivity index (χ3v) is 10.8. The number of Topliss-reactive ketones (excluding diaryl/α,β-unsaturated/α-hetero) is 1. The van der Waals surface area contributed by atoms with E-state index in [1.54, 1.807) is 18.3 Å². The van der Waals surface area contributed by atoms with Crippen LogP contribution in [-0.4, -0.2) is 39.5 Å². The minimum Gasteiger partial charge on any atom is -0.393 e. The van der Waals surface area contributed by atoms with Gasteiger partial charge in [-0.25, -0.2) is 0 Å². The van der Waals surface area contributed by atoms with Gasteiger partial charge in [0, 0.05) is 33.9 Å². The van der Waals surface area contributed by atoms with E-state index in [1.807, 2.05) is 36.4 Å². The van der Waals surface area contributed by atoms with Gasteiger partial charge < -0.3 is 14.6 Å². The summed E-state index contributed by atoms with van der Waals surface area (Å²) in [4.78, 5) is 30.6. The lowest BCUT2D eigenvalue weighted by Gasteiger charge is -2.59. The molecule has 0 spiro atoms. The molecule has 4 aliphatic carbocycles. The minimum absolute atomic E-state index is 0.00370. The van der Waals surface area contributed by atoms with Crippen LogP contribution in [0, 0.1) is 39.9 Å². The van der Waals surface area contributed by atoms with Gasteiger partial charge in [-0.3, -0.25) is 14.6 Å². The Hall–Kier alpha value is -3.18. The maximum absolute atomic E-state index is 14.0. The molecule has 0 bridgehead atoms. The summed E-state index contributed by atoms with van der Waals surface area (Å²) in [7, 11) is 0. The Balaban J connectivity index is 1.31. The number of rotatable bonds is 3. The highest BCUT2D eigenvalue weighted by atomic mass is 16.7. The number of fused-ring (bicyclic) bond motifs is 8. The van der Waals surface area contributed by atoms with Crippen LogP contribution in [0.25, 0.3) is 10.9 Å². The van der Waals surface area contributed by atoms with Crippen molar-refractivity contribution in [3.63, 3.8) is 0 Å². The van der Waals surface area contributed by atoms with Crippen LogP contribution in [0.15, 0.2) is 60.3 Å². The van der Waals surface area contributed by atoms with Crippen molar-refractivity contribution in [2.24, 2.45) is 28.6 Å². The molecule has 1 N–H and O–H groups in total. The number of nitrogens with zero attached hydrogens (tertiary/aromatic N) is 2. The highest BCUT2D eigenvalue weighted by molar-refractivity contribution is 6.01. The summed E-state index contributed by atoms with van der Waals surface area (Å²) in [6.07, 6.45) is 7.41. The van der Waals surface area contributed by atoms with Crippen LogP contribution in [-0.2, 0) is 19.1 Å². The van der Waals surface area contributed by atoms with Gasteiger partial charge in [0.15, 0.2) is 23.5 Å². The molecule has 1 aromatic carbocycles. The number of allylic oxidation sites excluding steroid dienone is 4. The van der Waals surface area contributed by atoms with E-state index in [0.717, 1.165) is 34.9 Å². The molecule has 1 aromatic heterocycles. The molecule has 2 heterocycles. The Labute approximate surface area is 227 Å². The summed E-state index contributed by atoms with van der Waals surface area (Å²) in [6, 6.07) is 11.7. The van der Waals surface area contributed by atoms with Gasteiger partial charge in [0.2, 0.25) is 0 Å². The second kappa shape index (κ2) is 8.41. The molecule has 1 aliphatic heterocycles. The maximum atomic E-state index is 14.0. The molecule has 7 heteroatoms. The van der Waals surface area contributed by atoms with E-state index in [4.69, 9.17) is 9.47 Å². The van der Waals surface area contributed by atoms with Gasteiger partial charge in [0.05, 0.1) is 30.2 Å². The van der Waals surface area contributed by atoms with Crippen LogP contribution in [0.1, 0.15) is 57.8 Å². The van der Waals surface area contributed by atoms with Crippen molar-refractivity contribution in [1.29, 1.82) is 5.26 Å². The summed E-state index contributed by atoms with van der Waals surface area (Å²) in [5.74, 6) is -0.135. The van der Waals surface area contributed by atoms with E-state index >= 15 is 0 Å². The van der Waals surface area contributed by atoms with Crippen LogP contribution in [0.2, 0.25) is 0 Å². The number of aliphatic hydroxyl groups excluding tert-OH is 1. The fourth-order valence-corrected chi connectivity index (χ4v) is 9.23. The van der Waals surface area contributed by atoms with E-state index in [-0.39, 0.29) is 35.7 Å². The van der Waals surface area contributed by atoms with E-state index < -0.39 is 34.9 Å². The number of para-hydroxylation sites is 1. The van der Waals surface area contributed by atoms with Gasteiger partial charge in [0.1, 0.15) is 0 Å². The lowest BCUT2D eigenvalue weighted by molar-refractivity contribution is -0.199. The zero-order chi connectivity index (χ0) is 27.2. The quantitative estimate of drug-likeness (QED) is 0.617. The fourth-order valence-electron chi connectivity index (χ4n) is 9.23. The third-order valence-electron chi connectivity index (χ3n) is 10.8. The highest BCUT2D eigenvalue weighted by Gasteiger charge is 2.75. The van der Waals surface area contributed by atoms with Crippen molar-refractivity contribution in [3.8, 4) is 6.07 Å². The summed E-state index contributed by atoms with van der Waals surface area (Å²) >= 11 is 0. The average molecular weight is 525 g/mol. The summed E-state index contributed by atoms with van der Waals surface area (Å²) in [5, 5.41) is 22.3. The highest BCUT2D eigenvalue weighted by Crippen LogP contribution is 2.70. The predicted molar refractivity (Wildman–Crippen MR) is 142 cm³/mol. The zero-order valence-electron chi connectivity index (χ0n) is 22.2. The number of carbonyl (C=O) groups is 2. The Morgan fingerprint density at radius 3 is 2.90 bits per heavy atom. The van der Waals surface area contributed by atoms with Crippen LogP contribution in [0.4, 0.5) is 0 Å². The molecule has 0 radical (unpaired) electrons. The lowest BCUT2D eigenvalue weighted by atomic mass is 9.46. The van der Waals surface area contributed by atoms with Gasteiger partial charge in [-0.2, -0.15) is 5.26 Å². The van der Waals surface area contributed by atoms with Crippen LogP contribution >= 0.6 is 0 Å². The second-order valence-corrected chi connectivity index (χ2v) is 12.4. The molecule has 4 fully saturated rings. The zero-order valence-corrected chi connectivity index (χ0v) is 22.2. The summed E-state index contributed by atoms with van der Waals surface area (Å²) in [5.41, 5.74) is 0.267. The van der Waals surface area contributed by atoms with Crippen molar-refractivity contribution in [2.75, 3.05) is 0 Å². The Kier molecular flexibility index (Phi) is 5.35. The molecular formula is C32H32N2O5. The SMILES string of the molecule is C[C@]12C=CC(=O)C=C1CC[C@@H]1[C@@H]2[C@@H](O)C[C@@]2(C)[C@H]1C[C@H]1OC(c3ccnc4ccccc34)O[C@]12C(=O)CC#N. The lowest BCUT2D eigenvalue weighted by Crippen LogP contribution is -2.63. The number of nitriles is 1. The number of hydrogen-bond acceptors (Lipinski definition) is 7. The average Bonchev–Trinajstić information content (AvgIpc) is 3.42. The molecule has 39 heavy (non-hydrogen) atoms. The van der Waals surface area contributed by atoms with Crippen molar-refractivity contribution in [1.82, 2.24) is 4.98 Å². The summed E-state index contributed by atoms with van der Waals surface area (Å²) < 4.78 is 13.4. The first-order chi connectivity index (χ1) is 18.7. The Morgan fingerprint density at radius 1 is 1.26 bits per heavy atom. The number of ether oxygens (including phenoxy) is 2. The number of aromatic nitrogens is 1. The second-order valence-electron chi connectivity index (χ2n) is 12.4. The molecule has 7 rings (SSSR count). The molecule has 1 unspecified atom stereocenters. The standard InChI is InChI=1S/C32H32N2O5/c1-30-12-9-19(35)15-18(30)7-8-22-23-16-27-32(26(37)10-13-33,31(23,2)17-25(36)28(22)30)39-29(38-27)21-11-14-34-24-6-4-3-5-20(21)24/h3-6,9,11-12,14-15,22-23,25,27-29,36H,7-8,10,16-17H2,1-2H3/t22-,23-,25-,27+,28+,29?,30-,31-,32+/m0/s1. The number of aliphatic hydroxyl groups is 1. The molecule has 2 aromatic rings. The topological polar surface area (TPSA) is 110 Å². The molecule has 0 amide bonds. The largest absolute Gasteiger partial charge is 0.393 e. The van der Waals surface area contributed by atoms with Gasteiger partial charge in [-0.15, -0.1) is 0 Å². The summed E-state index contributed by atoms with van der Waals surface area (Å²) in [6.45, 7) is 4.20. The number of carbonyl (C=O) groups excluding carboxylic acids is 2. The number of pyridine rings is 1. The van der Waals surface area contributed by atoms with E-state index in [1.165, 1.54) is 0 Å². The van der Waals surface area contributed by atoms with Crippen molar-refractivity contribution < 1.29 is 24.2 Å². The molecule has 7 nitrogen and oxygen atoms in total. The van der Waals surface area contributed by atoms with E-state index in [0.29, 0.717) is 12.8 Å². The van der Waals surface area contributed by atoms with Crippen molar-refractivity contribution in [2.45, 2.75) is 70.1 Å². The third kappa shape index (κ3) is 3.17. The number of benzene rings is 1. The number of hydrogen-bond donors (Lipinski definition) is 1. The molecular weight excluding hydrogens is 492 g/mol. The molecule has 3 saturated carbocycles. The normalized spacial score (nSPS) is 42.2. The van der Waals surface area contributed by atoms with Crippen LogP contribution in [0.3, 0.4) is 0 Å². The number of ketones is 2. The molecule has 5 aliphatic rings. The predicted octanol–water partition coefficient (Wildman–Crippen LogP) is 4.76. The van der Waals surface area contributed by atoms with Crippen LogP contribution < -0.4 is 0 Å². The smallest absolute Gasteiger partial charge is 0.186 e. The molecule has 1 saturated heterocycles. The van der Waals surface area contributed by atoms with Crippen LogP contribution in [0.5, 0.6) is 0 Å². The van der Waals surface area contributed by atoms with Gasteiger partial charge >= 0.3 is 0 Å². The maximum Gasteiger partial charge on any atom is 0.186 e. The van der Waals surface area contributed by atoms with E-state index in [2.05, 4.69) is 24.9 Å². The van der Waals surface area contributed by atoms with Gasteiger partial charge in [0.25, 0.3) is 0 Å². The Bertz CT molecular complexity index is 1500. The van der Waals surface area contributed by atoms with Crippen molar-refractivity contribution >= 4 is 22.5 Å². The van der Waals surface area contributed by atoms with Gasteiger partial charge in [-0.1, -0.05) is 43.7 Å². The first-order valence-electron chi connectivity index (χ1n) is 13.9. The van der Waals surface area contributed by atoms with Crippen molar-refractivity contribution in [3.05, 3.63) is 65.9 Å². The monoisotopic (exact) mass is 524 g/mol. The fraction of sp³-hybridized carbons (Fsp3) is 0.500. The first-order valence-corrected chi connectivity index (χ1v) is 13.9.